The second-order valence-corrected chi connectivity index (χ2v) is 6.91. The van der Waals surface area contributed by atoms with Gasteiger partial charge in [0.2, 0.25) is 5.91 Å². The van der Waals surface area contributed by atoms with Crippen molar-refractivity contribution < 1.29 is 17.6 Å². The highest BCUT2D eigenvalue weighted by molar-refractivity contribution is 7.92. The molecule has 1 aliphatic heterocycles. The van der Waals surface area contributed by atoms with Gasteiger partial charge in [0.25, 0.3) is 10.0 Å². The van der Waals surface area contributed by atoms with Gasteiger partial charge < -0.3 is 4.90 Å². The van der Waals surface area contributed by atoms with Gasteiger partial charge in [-0.15, -0.1) is 0 Å². The van der Waals surface area contributed by atoms with E-state index < -0.39 is 15.8 Å². The molecule has 0 aliphatic carbocycles. The minimum absolute atomic E-state index is 0.0103. The molecule has 1 amide bonds. The molecule has 0 bridgehead atoms. The number of nitrogens with one attached hydrogen (secondary N) is 1. The second kappa shape index (κ2) is 6.00. The molecule has 0 aromatic heterocycles. The first-order valence-electron chi connectivity index (χ1n) is 7.15. The van der Waals surface area contributed by atoms with E-state index in [-0.39, 0.29) is 16.5 Å². The molecule has 1 aliphatic rings. The number of sulfonamides is 1. The summed E-state index contributed by atoms with van der Waals surface area (Å²) in [7, 11) is -3.88. The summed E-state index contributed by atoms with van der Waals surface area (Å²) in [6, 6.07) is 11.5. The van der Waals surface area contributed by atoms with E-state index >= 15 is 0 Å². The van der Waals surface area contributed by atoms with Crippen LogP contribution in [0.4, 0.5) is 15.8 Å². The lowest BCUT2D eigenvalue weighted by Crippen LogP contribution is -2.23. The largest absolute Gasteiger partial charge is 0.312 e. The van der Waals surface area contributed by atoms with Crippen molar-refractivity contribution in [3.63, 3.8) is 0 Å². The van der Waals surface area contributed by atoms with Gasteiger partial charge in [-0.3, -0.25) is 9.52 Å². The number of para-hydroxylation sites is 1. The molecule has 0 spiro atoms. The smallest absolute Gasteiger partial charge is 0.261 e. The van der Waals surface area contributed by atoms with E-state index in [0.29, 0.717) is 18.7 Å². The van der Waals surface area contributed by atoms with Gasteiger partial charge in [0.1, 0.15) is 5.82 Å². The Kier molecular flexibility index (Phi) is 4.04. The van der Waals surface area contributed by atoms with Crippen LogP contribution >= 0.6 is 0 Å². The Labute approximate surface area is 133 Å². The van der Waals surface area contributed by atoms with Gasteiger partial charge in [0.05, 0.1) is 10.6 Å². The Morgan fingerprint density at radius 2 is 1.74 bits per heavy atom. The Morgan fingerprint density at radius 1 is 1.04 bits per heavy atom. The number of rotatable bonds is 4. The van der Waals surface area contributed by atoms with Crippen molar-refractivity contribution >= 4 is 27.3 Å². The molecule has 2 aromatic carbocycles. The number of hydrogen-bond donors (Lipinski definition) is 1. The zero-order chi connectivity index (χ0) is 16.4. The monoisotopic (exact) mass is 334 g/mol. The van der Waals surface area contributed by atoms with Gasteiger partial charge in [-0.05, 0) is 42.8 Å². The van der Waals surface area contributed by atoms with Crippen LogP contribution in [0.1, 0.15) is 12.8 Å². The van der Waals surface area contributed by atoms with E-state index in [1.807, 2.05) is 0 Å². The van der Waals surface area contributed by atoms with E-state index in [4.69, 9.17) is 0 Å². The molecule has 1 N–H and O–H groups in total. The number of carbonyl (C=O) groups is 1. The van der Waals surface area contributed by atoms with Crippen LogP contribution < -0.4 is 9.62 Å². The predicted molar refractivity (Wildman–Crippen MR) is 85.2 cm³/mol. The van der Waals surface area contributed by atoms with E-state index in [1.165, 1.54) is 30.3 Å². The summed E-state index contributed by atoms with van der Waals surface area (Å²) in [5.74, 6) is -0.611. The maximum atomic E-state index is 13.6. The number of carbonyl (C=O) groups excluding carboxylic acids is 1. The van der Waals surface area contributed by atoms with Gasteiger partial charge in [-0.25, -0.2) is 12.8 Å². The first-order valence-corrected chi connectivity index (χ1v) is 8.63. The quantitative estimate of drug-likeness (QED) is 0.935. The maximum absolute atomic E-state index is 13.6. The predicted octanol–water partition coefficient (Wildman–Crippen LogP) is 2.75. The Morgan fingerprint density at radius 3 is 2.35 bits per heavy atom. The lowest BCUT2D eigenvalue weighted by atomic mass is 10.3. The summed E-state index contributed by atoms with van der Waals surface area (Å²) >= 11 is 0. The fourth-order valence-corrected chi connectivity index (χ4v) is 3.54. The van der Waals surface area contributed by atoms with Crippen LogP contribution in [0.2, 0.25) is 0 Å². The molecule has 3 rings (SSSR count). The molecule has 0 unspecified atom stereocenters. The third kappa shape index (κ3) is 3.19. The summed E-state index contributed by atoms with van der Waals surface area (Å²) in [6.07, 6.45) is 1.31. The van der Waals surface area contributed by atoms with Crippen molar-refractivity contribution in [2.24, 2.45) is 0 Å². The average molecular weight is 334 g/mol. The number of anilines is 2. The van der Waals surface area contributed by atoms with Crippen molar-refractivity contribution in [2.75, 3.05) is 16.2 Å². The summed E-state index contributed by atoms with van der Waals surface area (Å²) in [4.78, 5) is 13.3. The Bertz CT molecular complexity index is 835. The summed E-state index contributed by atoms with van der Waals surface area (Å²) in [6.45, 7) is 0.637. The zero-order valence-corrected chi connectivity index (χ0v) is 13.0. The van der Waals surface area contributed by atoms with Crippen molar-refractivity contribution in [1.82, 2.24) is 0 Å². The van der Waals surface area contributed by atoms with Crippen molar-refractivity contribution in [3.05, 3.63) is 54.3 Å². The number of nitrogens with zero attached hydrogens (tertiary/aromatic N) is 1. The lowest BCUT2D eigenvalue weighted by Gasteiger charge is -2.16. The highest BCUT2D eigenvalue weighted by atomic mass is 32.2. The first-order chi connectivity index (χ1) is 11.0. The van der Waals surface area contributed by atoms with Crippen LogP contribution in [0.3, 0.4) is 0 Å². The summed E-state index contributed by atoms with van der Waals surface area (Å²) in [5, 5.41) is 0. The van der Waals surface area contributed by atoms with Gasteiger partial charge in [-0.1, -0.05) is 12.1 Å². The fraction of sp³-hybridized carbons (Fsp3) is 0.188. The zero-order valence-electron chi connectivity index (χ0n) is 12.2. The van der Waals surface area contributed by atoms with Gasteiger partial charge in [0.15, 0.2) is 0 Å². The average Bonchev–Trinajstić information content (AvgIpc) is 2.96. The van der Waals surface area contributed by atoms with Crippen LogP contribution in [-0.4, -0.2) is 20.9 Å². The minimum atomic E-state index is -3.88. The fourth-order valence-electron chi connectivity index (χ4n) is 2.47. The third-order valence-electron chi connectivity index (χ3n) is 3.65. The van der Waals surface area contributed by atoms with Gasteiger partial charge in [-0.2, -0.15) is 0 Å². The van der Waals surface area contributed by atoms with Crippen LogP contribution in [0.25, 0.3) is 0 Å². The SMILES string of the molecule is O=C1CCCN1c1ccc(S(=O)(=O)Nc2ccccc2F)cc1. The molecule has 120 valence electrons. The van der Waals surface area contributed by atoms with Crippen LogP contribution in [-0.2, 0) is 14.8 Å². The second-order valence-electron chi connectivity index (χ2n) is 5.23. The van der Waals surface area contributed by atoms with Gasteiger partial charge >= 0.3 is 0 Å². The van der Waals surface area contributed by atoms with Crippen LogP contribution in [0, 0.1) is 5.82 Å². The topological polar surface area (TPSA) is 66.5 Å². The van der Waals surface area contributed by atoms with E-state index in [0.717, 1.165) is 6.42 Å². The molecule has 1 heterocycles. The molecule has 1 saturated heterocycles. The van der Waals surface area contributed by atoms with Gasteiger partial charge in [0, 0.05) is 18.7 Å². The molecular formula is C16H15FN2O3S. The molecular weight excluding hydrogens is 319 g/mol. The molecule has 2 aromatic rings. The van der Waals surface area contributed by atoms with Crippen LogP contribution in [0.15, 0.2) is 53.4 Å². The maximum Gasteiger partial charge on any atom is 0.261 e. The van der Waals surface area contributed by atoms with Crippen molar-refractivity contribution in [1.29, 1.82) is 0 Å². The molecule has 7 heteroatoms. The summed E-state index contributed by atoms with van der Waals surface area (Å²) in [5.41, 5.74) is 0.559. The van der Waals surface area contributed by atoms with E-state index in [1.54, 1.807) is 23.1 Å². The molecule has 0 radical (unpaired) electrons. The first kappa shape index (κ1) is 15.5. The minimum Gasteiger partial charge on any atom is -0.312 e. The highest BCUT2D eigenvalue weighted by Gasteiger charge is 2.22. The van der Waals surface area contributed by atoms with Crippen LogP contribution in [0.5, 0.6) is 0 Å². The lowest BCUT2D eigenvalue weighted by molar-refractivity contribution is -0.117. The molecule has 1 fully saturated rings. The highest BCUT2D eigenvalue weighted by Crippen LogP contribution is 2.24. The number of halogens is 1. The Hall–Kier alpha value is -2.41. The van der Waals surface area contributed by atoms with E-state index in [2.05, 4.69) is 4.72 Å². The van der Waals surface area contributed by atoms with Crippen molar-refractivity contribution in [2.45, 2.75) is 17.7 Å². The van der Waals surface area contributed by atoms with E-state index in [9.17, 15) is 17.6 Å². The Balaban J connectivity index is 1.83. The normalized spacial score (nSPS) is 15.0. The van der Waals surface area contributed by atoms with Crippen molar-refractivity contribution in [3.8, 4) is 0 Å². The number of benzene rings is 2. The molecule has 23 heavy (non-hydrogen) atoms. The number of amides is 1. The summed E-state index contributed by atoms with van der Waals surface area (Å²) < 4.78 is 40.4. The number of hydrogen-bond acceptors (Lipinski definition) is 3. The molecule has 0 atom stereocenters. The standard InChI is InChI=1S/C16H15FN2O3S/c17-14-4-1-2-5-15(14)18-23(21,22)13-9-7-12(8-10-13)19-11-3-6-16(19)20/h1-2,4-5,7-10,18H,3,6,11H2. The molecule has 0 saturated carbocycles. The third-order valence-corrected chi connectivity index (χ3v) is 5.03. The molecule has 5 nitrogen and oxygen atoms in total.